The summed E-state index contributed by atoms with van der Waals surface area (Å²) < 4.78 is 5.67. The van der Waals surface area contributed by atoms with Crippen LogP contribution in [-0.2, 0) is 6.54 Å². The van der Waals surface area contributed by atoms with Gasteiger partial charge in [0.15, 0.2) is 0 Å². The Morgan fingerprint density at radius 1 is 1.12 bits per heavy atom. The number of pyridine rings is 1. The lowest BCUT2D eigenvalue weighted by atomic mass is 10.2. The van der Waals surface area contributed by atoms with Crippen molar-refractivity contribution in [2.75, 3.05) is 32.6 Å². The molecular formula is C18H20ClN5O. The molecule has 0 radical (unpaired) electrons. The van der Waals surface area contributed by atoms with E-state index >= 15 is 0 Å². The number of ether oxygens (including phenoxy) is 1. The number of rotatable bonds is 7. The number of nitrogens with zero attached hydrogens (tertiary/aromatic N) is 4. The fraction of sp³-hybridized carbons (Fsp3) is 0.278. The average molecular weight is 358 g/mol. The van der Waals surface area contributed by atoms with Gasteiger partial charge in [0.05, 0.1) is 5.52 Å². The molecule has 0 saturated carbocycles. The second-order valence-corrected chi connectivity index (χ2v) is 6.33. The number of aromatic nitrogens is 3. The largest absolute Gasteiger partial charge is 0.476 e. The second kappa shape index (κ2) is 8.09. The van der Waals surface area contributed by atoms with Gasteiger partial charge in [-0.15, -0.1) is 0 Å². The Labute approximate surface area is 151 Å². The predicted molar refractivity (Wildman–Crippen MR) is 100 cm³/mol. The Bertz CT molecular complexity index is 856. The van der Waals surface area contributed by atoms with Gasteiger partial charge in [0.25, 0.3) is 0 Å². The van der Waals surface area contributed by atoms with Crippen LogP contribution >= 0.6 is 11.6 Å². The molecule has 0 amide bonds. The highest BCUT2D eigenvalue weighted by Gasteiger charge is 2.05. The van der Waals surface area contributed by atoms with E-state index in [0.29, 0.717) is 24.1 Å². The lowest BCUT2D eigenvalue weighted by Gasteiger charge is -2.12. The van der Waals surface area contributed by atoms with E-state index < -0.39 is 0 Å². The quantitative estimate of drug-likeness (QED) is 0.700. The molecule has 25 heavy (non-hydrogen) atoms. The molecule has 0 atom stereocenters. The zero-order valence-corrected chi connectivity index (χ0v) is 15.0. The SMILES string of the molecule is CN(C)CCOc1cc(CNc2ncnc3cc(Cl)ccc23)ccn1. The summed E-state index contributed by atoms with van der Waals surface area (Å²) >= 11 is 6.02. The third-order valence-electron chi connectivity index (χ3n) is 3.65. The first-order chi connectivity index (χ1) is 12.1. The molecule has 2 aromatic heterocycles. The molecule has 1 aromatic carbocycles. The van der Waals surface area contributed by atoms with Crippen molar-refractivity contribution in [3.8, 4) is 5.88 Å². The molecule has 1 N–H and O–H groups in total. The van der Waals surface area contributed by atoms with Crippen LogP contribution in [0.3, 0.4) is 0 Å². The zero-order valence-electron chi connectivity index (χ0n) is 14.2. The van der Waals surface area contributed by atoms with Crippen LogP contribution in [0.4, 0.5) is 5.82 Å². The number of halogens is 1. The van der Waals surface area contributed by atoms with Crippen molar-refractivity contribution in [1.82, 2.24) is 19.9 Å². The minimum absolute atomic E-state index is 0.605. The molecule has 7 heteroatoms. The number of nitrogens with one attached hydrogen (secondary N) is 1. The van der Waals surface area contributed by atoms with E-state index in [1.807, 2.05) is 44.4 Å². The summed E-state index contributed by atoms with van der Waals surface area (Å²) in [6.07, 6.45) is 3.28. The van der Waals surface area contributed by atoms with Crippen molar-refractivity contribution < 1.29 is 4.74 Å². The van der Waals surface area contributed by atoms with E-state index in [-0.39, 0.29) is 0 Å². The van der Waals surface area contributed by atoms with Crippen molar-refractivity contribution in [1.29, 1.82) is 0 Å². The van der Waals surface area contributed by atoms with Gasteiger partial charge in [0.2, 0.25) is 5.88 Å². The number of anilines is 1. The molecule has 2 heterocycles. The van der Waals surface area contributed by atoms with Crippen molar-refractivity contribution in [3.05, 3.63) is 53.4 Å². The van der Waals surface area contributed by atoms with Crippen LogP contribution in [0.25, 0.3) is 10.9 Å². The van der Waals surface area contributed by atoms with Gasteiger partial charge in [-0.3, -0.25) is 0 Å². The minimum atomic E-state index is 0.605. The second-order valence-electron chi connectivity index (χ2n) is 5.89. The molecule has 0 aliphatic heterocycles. The maximum absolute atomic E-state index is 6.02. The first kappa shape index (κ1) is 17.4. The summed E-state index contributed by atoms with van der Waals surface area (Å²) in [7, 11) is 4.02. The smallest absolute Gasteiger partial charge is 0.213 e. The monoisotopic (exact) mass is 357 g/mol. The lowest BCUT2D eigenvalue weighted by molar-refractivity contribution is 0.253. The summed E-state index contributed by atoms with van der Waals surface area (Å²) in [4.78, 5) is 14.9. The van der Waals surface area contributed by atoms with Gasteiger partial charge in [0.1, 0.15) is 18.8 Å². The molecule has 0 aliphatic carbocycles. The fourth-order valence-electron chi connectivity index (χ4n) is 2.33. The molecule has 3 rings (SSSR count). The molecule has 0 bridgehead atoms. The fourth-order valence-corrected chi connectivity index (χ4v) is 2.50. The Hall–Kier alpha value is -2.44. The van der Waals surface area contributed by atoms with Crippen molar-refractivity contribution in [3.63, 3.8) is 0 Å². The van der Waals surface area contributed by atoms with Crippen LogP contribution in [-0.4, -0.2) is 47.1 Å². The lowest BCUT2D eigenvalue weighted by Crippen LogP contribution is -2.19. The summed E-state index contributed by atoms with van der Waals surface area (Å²) in [5, 5.41) is 4.93. The van der Waals surface area contributed by atoms with Crippen LogP contribution in [0.2, 0.25) is 5.02 Å². The van der Waals surface area contributed by atoms with Crippen LogP contribution in [0.1, 0.15) is 5.56 Å². The van der Waals surface area contributed by atoms with Crippen molar-refractivity contribution >= 4 is 28.3 Å². The number of hydrogen-bond acceptors (Lipinski definition) is 6. The summed E-state index contributed by atoms with van der Waals surface area (Å²) in [5.74, 6) is 1.40. The van der Waals surface area contributed by atoms with Gasteiger partial charge in [0, 0.05) is 35.8 Å². The van der Waals surface area contributed by atoms with Crippen molar-refractivity contribution in [2.45, 2.75) is 6.54 Å². The van der Waals surface area contributed by atoms with Gasteiger partial charge in [-0.25, -0.2) is 15.0 Å². The van der Waals surface area contributed by atoms with Gasteiger partial charge in [-0.2, -0.15) is 0 Å². The zero-order chi connectivity index (χ0) is 17.6. The molecular weight excluding hydrogens is 338 g/mol. The molecule has 0 saturated heterocycles. The maximum Gasteiger partial charge on any atom is 0.213 e. The highest BCUT2D eigenvalue weighted by atomic mass is 35.5. The molecule has 130 valence electrons. The van der Waals surface area contributed by atoms with E-state index in [4.69, 9.17) is 16.3 Å². The van der Waals surface area contributed by atoms with Gasteiger partial charge in [-0.05, 0) is 43.9 Å². The first-order valence-electron chi connectivity index (χ1n) is 7.98. The Balaban J connectivity index is 1.68. The number of hydrogen-bond donors (Lipinski definition) is 1. The average Bonchev–Trinajstić information content (AvgIpc) is 2.59. The van der Waals surface area contributed by atoms with Gasteiger partial charge >= 0.3 is 0 Å². The van der Waals surface area contributed by atoms with E-state index in [1.165, 1.54) is 6.33 Å². The summed E-state index contributed by atoms with van der Waals surface area (Å²) in [5.41, 5.74) is 1.88. The van der Waals surface area contributed by atoms with Crippen LogP contribution in [0, 0.1) is 0 Å². The molecule has 0 spiro atoms. The van der Waals surface area contributed by atoms with Gasteiger partial charge < -0.3 is 15.0 Å². The predicted octanol–water partition coefficient (Wildman–Crippen LogP) is 3.23. The molecule has 0 unspecified atom stereocenters. The van der Waals surface area contributed by atoms with Crippen LogP contribution in [0.15, 0.2) is 42.9 Å². The summed E-state index contributed by atoms with van der Waals surface area (Å²) in [6, 6.07) is 9.46. The maximum atomic E-state index is 6.02. The van der Waals surface area contributed by atoms with Crippen molar-refractivity contribution in [2.24, 2.45) is 0 Å². The van der Waals surface area contributed by atoms with Gasteiger partial charge in [-0.1, -0.05) is 11.6 Å². The molecule has 3 aromatic rings. The highest BCUT2D eigenvalue weighted by molar-refractivity contribution is 6.31. The van der Waals surface area contributed by atoms with E-state index in [1.54, 1.807) is 6.20 Å². The molecule has 6 nitrogen and oxygen atoms in total. The molecule has 0 aliphatic rings. The molecule has 0 fully saturated rings. The van der Waals surface area contributed by atoms with Crippen LogP contribution in [0.5, 0.6) is 5.88 Å². The number of benzene rings is 1. The Morgan fingerprint density at radius 2 is 2.00 bits per heavy atom. The Morgan fingerprint density at radius 3 is 2.84 bits per heavy atom. The topological polar surface area (TPSA) is 63.2 Å². The first-order valence-corrected chi connectivity index (χ1v) is 8.36. The van der Waals surface area contributed by atoms with E-state index in [0.717, 1.165) is 28.8 Å². The minimum Gasteiger partial charge on any atom is -0.476 e. The van der Waals surface area contributed by atoms with Crippen LogP contribution < -0.4 is 10.1 Å². The normalized spacial score (nSPS) is 11.0. The standard InChI is InChI=1S/C18H20ClN5O/c1-24(2)7-8-25-17-9-13(5-6-20-17)11-21-18-15-4-3-14(19)10-16(15)22-12-23-18/h3-6,9-10,12H,7-8,11H2,1-2H3,(H,21,22,23). The number of fused-ring (bicyclic) bond motifs is 1. The van der Waals surface area contributed by atoms with E-state index in [9.17, 15) is 0 Å². The Kier molecular flexibility index (Phi) is 5.63. The van der Waals surface area contributed by atoms with E-state index in [2.05, 4.69) is 25.2 Å². The highest BCUT2D eigenvalue weighted by Crippen LogP contribution is 2.23. The summed E-state index contributed by atoms with van der Waals surface area (Å²) in [6.45, 7) is 2.06. The third kappa shape index (κ3) is 4.78. The number of likely N-dealkylation sites (N-methyl/N-ethyl adjacent to an activating group) is 1. The third-order valence-corrected chi connectivity index (χ3v) is 3.88.